The van der Waals surface area contributed by atoms with Gasteiger partial charge >= 0.3 is 5.63 Å². The van der Waals surface area contributed by atoms with Crippen molar-refractivity contribution in [3.05, 3.63) is 58.6 Å². The first-order valence-electron chi connectivity index (χ1n) is 5.57. The molecule has 0 aliphatic rings. The number of hydrogen-bond donors (Lipinski definition) is 2. The molecule has 0 spiro atoms. The van der Waals surface area contributed by atoms with Gasteiger partial charge in [0.1, 0.15) is 6.26 Å². The molecule has 0 unspecified atom stereocenters. The highest BCUT2D eigenvalue weighted by Crippen LogP contribution is 2.13. The summed E-state index contributed by atoms with van der Waals surface area (Å²) in [5, 5.41) is 2.60. The molecule has 0 radical (unpaired) electrons. The monoisotopic (exact) mass is 255 g/mol. The lowest BCUT2D eigenvalue weighted by atomic mass is 10.3. The second-order valence-corrected chi connectivity index (χ2v) is 3.90. The molecule has 0 bridgehead atoms. The fourth-order valence-electron chi connectivity index (χ4n) is 1.68. The van der Waals surface area contributed by atoms with Crippen LogP contribution in [0, 0.1) is 0 Å². The number of anilines is 1. The highest BCUT2D eigenvalue weighted by Gasteiger charge is 2.09. The second kappa shape index (κ2) is 4.41. The first kappa shape index (κ1) is 11.2. The van der Waals surface area contributed by atoms with Crippen LogP contribution in [-0.4, -0.2) is 15.9 Å². The third kappa shape index (κ3) is 2.23. The smallest absolute Gasteiger partial charge is 0.335 e. The maximum atomic E-state index is 11.9. The van der Waals surface area contributed by atoms with Crippen LogP contribution in [0.5, 0.6) is 0 Å². The number of H-pyrrole nitrogens is 1. The van der Waals surface area contributed by atoms with Crippen molar-refractivity contribution in [3.8, 4) is 0 Å². The van der Waals surface area contributed by atoms with E-state index >= 15 is 0 Å². The molecule has 2 N–H and O–H groups in total. The van der Waals surface area contributed by atoms with Crippen LogP contribution in [0.1, 0.15) is 10.4 Å². The Morgan fingerprint density at radius 1 is 1.21 bits per heavy atom. The van der Waals surface area contributed by atoms with Crippen LogP contribution in [0.3, 0.4) is 0 Å². The Labute approximate surface area is 107 Å². The predicted octanol–water partition coefficient (Wildman–Crippen LogP) is 1.77. The molecule has 1 aromatic carbocycles. The third-order valence-electron chi connectivity index (χ3n) is 2.58. The van der Waals surface area contributed by atoms with Gasteiger partial charge < -0.3 is 9.40 Å². The molecule has 2 aromatic heterocycles. The van der Waals surface area contributed by atoms with E-state index in [1.165, 1.54) is 12.1 Å². The van der Waals surface area contributed by atoms with Crippen LogP contribution in [0.15, 0.2) is 51.9 Å². The van der Waals surface area contributed by atoms with Gasteiger partial charge in [0.05, 0.1) is 16.6 Å². The standard InChI is InChI=1S/C13H9N3O3/c17-11-6-5-8(7-19-11)12(18)16-13-14-9-3-1-2-4-10(9)15-13/h1-7H,(H2,14,15,16,18). The first-order chi connectivity index (χ1) is 9.22. The molecule has 0 saturated carbocycles. The van der Waals surface area contributed by atoms with Gasteiger partial charge in [0.25, 0.3) is 5.91 Å². The largest absolute Gasteiger partial charge is 0.430 e. The number of rotatable bonds is 2. The Bertz CT molecular complexity index is 751. The number of benzene rings is 1. The molecule has 0 fully saturated rings. The minimum atomic E-state index is -0.500. The van der Waals surface area contributed by atoms with Crippen LogP contribution in [0.4, 0.5) is 5.95 Å². The van der Waals surface area contributed by atoms with Gasteiger partial charge in [-0.25, -0.2) is 9.78 Å². The molecule has 94 valence electrons. The van der Waals surface area contributed by atoms with Crippen molar-refractivity contribution in [2.45, 2.75) is 0 Å². The zero-order valence-electron chi connectivity index (χ0n) is 9.71. The summed E-state index contributed by atoms with van der Waals surface area (Å²) in [5.41, 5.74) is 1.34. The summed E-state index contributed by atoms with van der Waals surface area (Å²) in [6.07, 6.45) is 1.11. The molecule has 0 aliphatic carbocycles. The number of aromatic amines is 1. The quantitative estimate of drug-likeness (QED) is 0.730. The zero-order valence-corrected chi connectivity index (χ0v) is 9.71. The molecule has 1 amide bonds. The molecular weight excluding hydrogens is 246 g/mol. The summed E-state index contributed by atoms with van der Waals surface area (Å²) in [6, 6.07) is 10.0. The molecule has 0 aliphatic heterocycles. The maximum Gasteiger partial charge on any atom is 0.335 e. The van der Waals surface area contributed by atoms with Crippen molar-refractivity contribution in [2.75, 3.05) is 5.32 Å². The van der Waals surface area contributed by atoms with E-state index in [0.717, 1.165) is 17.3 Å². The highest BCUT2D eigenvalue weighted by atomic mass is 16.4. The van der Waals surface area contributed by atoms with Gasteiger partial charge in [0.2, 0.25) is 5.95 Å². The molecular formula is C13H9N3O3. The van der Waals surface area contributed by atoms with E-state index in [2.05, 4.69) is 19.7 Å². The van der Waals surface area contributed by atoms with Crippen LogP contribution >= 0.6 is 0 Å². The summed E-state index contributed by atoms with van der Waals surface area (Å²) < 4.78 is 4.63. The van der Waals surface area contributed by atoms with E-state index < -0.39 is 11.5 Å². The van der Waals surface area contributed by atoms with Gasteiger partial charge in [-0.3, -0.25) is 10.1 Å². The van der Waals surface area contributed by atoms with E-state index in [9.17, 15) is 9.59 Å². The molecule has 3 rings (SSSR count). The van der Waals surface area contributed by atoms with Crippen LogP contribution in [0.2, 0.25) is 0 Å². The number of hydrogen-bond acceptors (Lipinski definition) is 4. The van der Waals surface area contributed by atoms with Crippen molar-refractivity contribution in [3.63, 3.8) is 0 Å². The van der Waals surface area contributed by atoms with Gasteiger partial charge in [-0.05, 0) is 18.2 Å². The van der Waals surface area contributed by atoms with E-state index in [1.807, 2.05) is 24.3 Å². The van der Waals surface area contributed by atoms with Crippen molar-refractivity contribution in [2.24, 2.45) is 0 Å². The zero-order chi connectivity index (χ0) is 13.2. The van der Waals surface area contributed by atoms with E-state index in [0.29, 0.717) is 5.95 Å². The Morgan fingerprint density at radius 3 is 2.79 bits per heavy atom. The number of carbonyl (C=O) groups excluding carboxylic acids is 1. The fraction of sp³-hybridized carbons (Fsp3) is 0. The average molecular weight is 255 g/mol. The number of fused-ring (bicyclic) bond motifs is 1. The number of imidazole rings is 1. The summed E-state index contributed by atoms with van der Waals surface area (Å²) in [4.78, 5) is 29.9. The molecule has 0 saturated heterocycles. The number of nitrogens with zero attached hydrogens (tertiary/aromatic N) is 1. The predicted molar refractivity (Wildman–Crippen MR) is 69.0 cm³/mol. The second-order valence-electron chi connectivity index (χ2n) is 3.90. The van der Waals surface area contributed by atoms with E-state index in [-0.39, 0.29) is 5.56 Å². The number of para-hydroxylation sites is 2. The highest BCUT2D eigenvalue weighted by molar-refractivity contribution is 6.03. The van der Waals surface area contributed by atoms with Crippen molar-refractivity contribution in [1.82, 2.24) is 9.97 Å². The third-order valence-corrected chi connectivity index (χ3v) is 2.58. The van der Waals surface area contributed by atoms with Gasteiger partial charge in [0.15, 0.2) is 0 Å². The van der Waals surface area contributed by atoms with Crippen LogP contribution < -0.4 is 10.9 Å². The number of carbonyl (C=O) groups is 1. The van der Waals surface area contributed by atoms with Gasteiger partial charge in [-0.15, -0.1) is 0 Å². The Morgan fingerprint density at radius 2 is 2.05 bits per heavy atom. The van der Waals surface area contributed by atoms with Crippen LogP contribution in [-0.2, 0) is 0 Å². The van der Waals surface area contributed by atoms with Crippen molar-refractivity contribution < 1.29 is 9.21 Å². The molecule has 6 heteroatoms. The minimum Gasteiger partial charge on any atom is -0.430 e. The Hall–Kier alpha value is -2.89. The lowest BCUT2D eigenvalue weighted by Crippen LogP contribution is -2.13. The van der Waals surface area contributed by atoms with Crippen LogP contribution in [0.25, 0.3) is 11.0 Å². The molecule has 3 aromatic rings. The molecule has 0 atom stereocenters. The summed E-state index contributed by atoms with van der Waals surface area (Å²) in [6.45, 7) is 0. The minimum absolute atomic E-state index is 0.250. The van der Waals surface area contributed by atoms with E-state index in [1.54, 1.807) is 0 Å². The number of amides is 1. The normalized spacial score (nSPS) is 10.5. The van der Waals surface area contributed by atoms with Crippen molar-refractivity contribution >= 4 is 22.9 Å². The topological polar surface area (TPSA) is 88.0 Å². The summed E-state index contributed by atoms with van der Waals surface area (Å²) >= 11 is 0. The van der Waals surface area contributed by atoms with Gasteiger partial charge in [0, 0.05) is 6.07 Å². The molecule has 6 nitrogen and oxygen atoms in total. The average Bonchev–Trinajstić information content (AvgIpc) is 2.81. The lowest BCUT2D eigenvalue weighted by molar-refractivity contribution is 0.102. The lowest BCUT2D eigenvalue weighted by Gasteiger charge is -1.99. The molecule has 2 heterocycles. The summed E-state index contributed by atoms with van der Waals surface area (Å²) in [5.74, 6) is -0.0554. The molecule has 19 heavy (non-hydrogen) atoms. The number of aromatic nitrogens is 2. The Balaban J connectivity index is 1.86. The van der Waals surface area contributed by atoms with Gasteiger partial charge in [-0.2, -0.15) is 0 Å². The summed E-state index contributed by atoms with van der Waals surface area (Å²) in [7, 11) is 0. The number of nitrogens with one attached hydrogen (secondary N) is 2. The van der Waals surface area contributed by atoms with Gasteiger partial charge in [-0.1, -0.05) is 12.1 Å². The Kier molecular flexibility index (Phi) is 2.60. The fourth-order valence-corrected chi connectivity index (χ4v) is 1.68. The van der Waals surface area contributed by atoms with E-state index in [4.69, 9.17) is 0 Å². The first-order valence-corrected chi connectivity index (χ1v) is 5.57. The maximum absolute atomic E-state index is 11.9. The SMILES string of the molecule is O=C(Nc1nc2ccccc2[nH]1)c1ccc(=O)oc1. The van der Waals surface area contributed by atoms with Crippen molar-refractivity contribution in [1.29, 1.82) is 0 Å².